The number of aromatic nitrogens is 1. The van der Waals surface area contributed by atoms with E-state index >= 15 is 0 Å². The molecule has 0 atom stereocenters. The van der Waals surface area contributed by atoms with Gasteiger partial charge in [0.15, 0.2) is 0 Å². The van der Waals surface area contributed by atoms with Crippen molar-refractivity contribution in [3.63, 3.8) is 0 Å². The topological polar surface area (TPSA) is 45.2 Å². The van der Waals surface area contributed by atoms with E-state index in [1.807, 2.05) is 37.4 Å². The molecule has 1 aliphatic heterocycles. The molecular formula is C16H16ClN3O. The lowest BCUT2D eigenvalue weighted by atomic mass is 9.99. The van der Waals surface area contributed by atoms with Gasteiger partial charge in [-0.05, 0) is 30.2 Å². The number of hydrogen-bond donors (Lipinski definition) is 1. The Morgan fingerprint density at radius 1 is 1.29 bits per heavy atom. The van der Waals surface area contributed by atoms with Gasteiger partial charge in [0.05, 0.1) is 17.3 Å². The number of hydrogen-bond acceptors (Lipinski definition) is 3. The summed E-state index contributed by atoms with van der Waals surface area (Å²) in [5.74, 6) is 0.795. The molecule has 0 radical (unpaired) electrons. The van der Waals surface area contributed by atoms with Gasteiger partial charge >= 0.3 is 0 Å². The molecule has 1 N–H and O–H groups in total. The van der Waals surface area contributed by atoms with Crippen molar-refractivity contribution in [3.05, 3.63) is 58.2 Å². The second-order valence-electron chi connectivity index (χ2n) is 5.01. The van der Waals surface area contributed by atoms with Crippen molar-refractivity contribution in [3.8, 4) is 0 Å². The fraction of sp³-hybridized carbons (Fsp3) is 0.250. The Hall–Kier alpha value is -2.07. The molecule has 21 heavy (non-hydrogen) atoms. The van der Waals surface area contributed by atoms with Gasteiger partial charge < -0.3 is 10.2 Å². The van der Waals surface area contributed by atoms with Crippen molar-refractivity contribution in [2.75, 3.05) is 18.9 Å². The molecule has 5 heteroatoms. The molecule has 0 bridgehead atoms. The zero-order chi connectivity index (χ0) is 14.8. The SMILES string of the molecule is CNc1ccc(Cl)c(CN2CCc3ccccc3C2=O)n1. The van der Waals surface area contributed by atoms with Crippen LogP contribution in [0.3, 0.4) is 0 Å². The highest BCUT2D eigenvalue weighted by atomic mass is 35.5. The van der Waals surface area contributed by atoms with Gasteiger partial charge in [0.2, 0.25) is 0 Å². The molecule has 0 aliphatic carbocycles. The lowest BCUT2D eigenvalue weighted by Crippen LogP contribution is -2.37. The zero-order valence-electron chi connectivity index (χ0n) is 11.8. The van der Waals surface area contributed by atoms with Crippen molar-refractivity contribution in [1.29, 1.82) is 0 Å². The van der Waals surface area contributed by atoms with Crippen molar-refractivity contribution >= 4 is 23.3 Å². The normalized spacial score (nSPS) is 14.0. The van der Waals surface area contributed by atoms with Crippen LogP contribution < -0.4 is 5.32 Å². The molecule has 0 spiro atoms. The first kappa shape index (κ1) is 13.9. The summed E-state index contributed by atoms with van der Waals surface area (Å²) < 4.78 is 0. The predicted molar refractivity (Wildman–Crippen MR) is 83.7 cm³/mol. The molecule has 2 aromatic rings. The van der Waals surface area contributed by atoms with Crippen LogP contribution in [-0.2, 0) is 13.0 Å². The van der Waals surface area contributed by atoms with Gasteiger partial charge in [-0.15, -0.1) is 0 Å². The molecule has 0 saturated carbocycles. The van der Waals surface area contributed by atoms with Crippen LogP contribution in [0.5, 0.6) is 0 Å². The lowest BCUT2D eigenvalue weighted by Gasteiger charge is -2.28. The van der Waals surface area contributed by atoms with Crippen molar-refractivity contribution < 1.29 is 4.79 Å². The minimum absolute atomic E-state index is 0.0459. The number of fused-ring (bicyclic) bond motifs is 1. The minimum atomic E-state index is 0.0459. The molecule has 2 heterocycles. The van der Waals surface area contributed by atoms with Gasteiger partial charge in [-0.3, -0.25) is 4.79 Å². The average Bonchev–Trinajstić information content (AvgIpc) is 2.52. The van der Waals surface area contributed by atoms with Crippen molar-refractivity contribution in [1.82, 2.24) is 9.88 Å². The molecule has 0 saturated heterocycles. The first-order chi connectivity index (χ1) is 10.2. The Kier molecular flexibility index (Phi) is 3.80. The standard InChI is InChI=1S/C16H16ClN3O/c1-18-15-7-6-13(17)14(19-15)10-20-9-8-11-4-2-3-5-12(11)16(20)21/h2-7H,8-10H2,1H3,(H,18,19). The Labute approximate surface area is 128 Å². The number of carbonyl (C=O) groups is 1. The minimum Gasteiger partial charge on any atom is -0.373 e. The van der Waals surface area contributed by atoms with Crippen LogP contribution in [0, 0.1) is 0 Å². The van der Waals surface area contributed by atoms with Crippen molar-refractivity contribution in [2.24, 2.45) is 0 Å². The largest absolute Gasteiger partial charge is 0.373 e. The fourth-order valence-electron chi connectivity index (χ4n) is 2.54. The van der Waals surface area contributed by atoms with Gasteiger partial charge in [-0.1, -0.05) is 29.8 Å². The van der Waals surface area contributed by atoms with Crippen LogP contribution in [-0.4, -0.2) is 29.4 Å². The molecule has 0 fully saturated rings. The van der Waals surface area contributed by atoms with Crippen LogP contribution in [0.15, 0.2) is 36.4 Å². The summed E-state index contributed by atoms with van der Waals surface area (Å²) in [6.07, 6.45) is 0.866. The maximum Gasteiger partial charge on any atom is 0.254 e. The maximum atomic E-state index is 12.5. The molecule has 4 nitrogen and oxygen atoms in total. The van der Waals surface area contributed by atoms with Crippen molar-refractivity contribution in [2.45, 2.75) is 13.0 Å². The summed E-state index contributed by atoms with van der Waals surface area (Å²) in [7, 11) is 1.81. The van der Waals surface area contributed by atoms with Gasteiger partial charge in [-0.25, -0.2) is 4.98 Å². The highest BCUT2D eigenvalue weighted by Crippen LogP contribution is 2.23. The molecule has 1 aliphatic rings. The highest BCUT2D eigenvalue weighted by Gasteiger charge is 2.24. The zero-order valence-corrected chi connectivity index (χ0v) is 12.5. The molecular weight excluding hydrogens is 286 g/mol. The lowest BCUT2D eigenvalue weighted by molar-refractivity contribution is 0.0725. The molecule has 1 aromatic heterocycles. The summed E-state index contributed by atoms with van der Waals surface area (Å²) in [6, 6.07) is 11.4. The average molecular weight is 302 g/mol. The smallest absolute Gasteiger partial charge is 0.254 e. The summed E-state index contributed by atoms with van der Waals surface area (Å²) in [6.45, 7) is 1.12. The second-order valence-corrected chi connectivity index (χ2v) is 5.42. The molecule has 1 aromatic carbocycles. The van der Waals surface area contributed by atoms with Crippen LogP contribution in [0.25, 0.3) is 0 Å². The summed E-state index contributed by atoms with van der Waals surface area (Å²) in [5, 5.41) is 3.57. The number of pyridine rings is 1. The van der Waals surface area contributed by atoms with E-state index in [-0.39, 0.29) is 5.91 Å². The quantitative estimate of drug-likeness (QED) is 0.948. The third kappa shape index (κ3) is 2.72. The van der Waals surface area contributed by atoms with Crippen LogP contribution in [0.4, 0.5) is 5.82 Å². The van der Waals surface area contributed by atoms with Gasteiger partial charge in [0, 0.05) is 19.2 Å². The van der Waals surface area contributed by atoms with Gasteiger partial charge in [0.25, 0.3) is 5.91 Å². The van der Waals surface area contributed by atoms with E-state index in [0.717, 1.165) is 29.1 Å². The monoisotopic (exact) mass is 301 g/mol. The van der Waals surface area contributed by atoms with E-state index in [9.17, 15) is 4.79 Å². The van der Waals surface area contributed by atoms with Crippen LogP contribution in [0.2, 0.25) is 5.02 Å². The van der Waals surface area contributed by atoms with Crippen LogP contribution >= 0.6 is 11.6 Å². The third-order valence-corrected chi connectivity index (χ3v) is 4.05. The molecule has 3 rings (SSSR count). The summed E-state index contributed by atoms with van der Waals surface area (Å²) >= 11 is 6.19. The number of benzene rings is 1. The first-order valence-electron chi connectivity index (χ1n) is 6.89. The predicted octanol–water partition coefficient (Wildman–Crippen LogP) is 2.98. The molecule has 1 amide bonds. The Morgan fingerprint density at radius 3 is 2.90 bits per heavy atom. The number of carbonyl (C=O) groups excluding carboxylic acids is 1. The Balaban J connectivity index is 1.85. The third-order valence-electron chi connectivity index (χ3n) is 3.70. The van der Waals surface area contributed by atoms with E-state index in [1.54, 1.807) is 11.0 Å². The van der Waals surface area contributed by atoms with Crippen LogP contribution in [0.1, 0.15) is 21.6 Å². The van der Waals surface area contributed by atoms with E-state index in [1.165, 1.54) is 0 Å². The summed E-state index contributed by atoms with van der Waals surface area (Å²) in [5.41, 5.74) is 2.61. The number of nitrogens with zero attached hydrogens (tertiary/aromatic N) is 2. The van der Waals surface area contributed by atoms with Gasteiger partial charge in [-0.2, -0.15) is 0 Å². The van der Waals surface area contributed by atoms with E-state index < -0.39 is 0 Å². The second kappa shape index (κ2) is 5.74. The number of anilines is 1. The molecule has 0 unspecified atom stereocenters. The molecule has 108 valence electrons. The first-order valence-corrected chi connectivity index (χ1v) is 7.27. The number of halogens is 1. The number of amides is 1. The maximum absolute atomic E-state index is 12.5. The Bertz CT molecular complexity index is 687. The summed E-state index contributed by atoms with van der Waals surface area (Å²) in [4.78, 5) is 18.8. The van der Waals surface area contributed by atoms with E-state index in [0.29, 0.717) is 18.1 Å². The van der Waals surface area contributed by atoms with Gasteiger partial charge in [0.1, 0.15) is 5.82 Å². The fourth-order valence-corrected chi connectivity index (χ4v) is 2.71. The van der Waals surface area contributed by atoms with E-state index in [2.05, 4.69) is 10.3 Å². The van der Waals surface area contributed by atoms with E-state index in [4.69, 9.17) is 11.6 Å². The number of nitrogens with one attached hydrogen (secondary N) is 1. The number of rotatable bonds is 3. The highest BCUT2D eigenvalue weighted by molar-refractivity contribution is 6.31. The Morgan fingerprint density at radius 2 is 2.10 bits per heavy atom.